The molecule has 0 saturated carbocycles. The second-order valence-electron chi connectivity index (χ2n) is 25.2. The molecule has 0 aromatic carbocycles. The molecule has 784 valence electrons. The zero-order valence-electron chi connectivity index (χ0n) is 63.5. The second kappa shape index (κ2) is 47.1. The number of rotatable bonds is 57. The van der Waals surface area contributed by atoms with Gasteiger partial charge in [-0.2, -0.15) is 135 Å². The van der Waals surface area contributed by atoms with Crippen molar-refractivity contribution in [3.05, 3.63) is 0 Å². The van der Waals surface area contributed by atoms with Crippen molar-refractivity contribution in [2.24, 2.45) is 0 Å². The molecular formula is C40H72O76S16. The van der Waals surface area contributed by atoms with Crippen LogP contribution >= 0.6 is 0 Å². The average molecular weight is 2280 g/mol. The topological polar surface area (TPSA) is 1130 Å². The molecule has 1 unspecified atom stereocenters. The van der Waals surface area contributed by atoms with Gasteiger partial charge in [-0.3, -0.25) is 72.8 Å². The van der Waals surface area contributed by atoms with Gasteiger partial charge >= 0.3 is 166 Å². The Kier molecular flexibility index (Phi) is 42.8. The van der Waals surface area contributed by atoms with Crippen LogP contribution < -0.4 is 0 Å². The maximum absolute atomic E-state index is 13.4. The maximum atomic E-state index is 13.4. The van der Waals surface area contributed by atoms with E-state index in [1.165, 1.54) is 0 Å². The average Bonchev–Trinajstić information content (AvgIpc) is 0.746. The molecule has 0 aromatic rings. The zero-order valence-corrected chi connectivity index (χ0v) is 76.6. The monoisotopic (exact) mass is 2280 g/mol. The van der Waals surface area contributed by atoms with Gasteiger partial charge in [0.15, 0.2) is 62.0 Å². The van der Waals surface area contributed by atoms with E-state index in [1.54, 1.807) is 0 Å². The van der Waals surface area contributed by atoms with Crippen molar-refractivity contribution < 1.29 is 331 Å². The minimum absolute atomic E-state index is 0.148. The SMILES string of the molecule is CCCCCCOCCOCCOC1O[C@H](COS(=O)(=O)O)[C@@H](OS(=O)(=O)O)[C@H](O[C@@H]2O[C@H](COS(=O)(=O)O)[C@@H](OS(=O)(=O)O)[C@H](O[C@@H]3O[C@H](COS(=O)(=O)O)[C@@H](OS(=O)(=O)O)[C@H](O[C@@H]4O[C@H](COS(=O)(=O)O)[C@@H](OS(=O)(=O)O)[C@H](O[C@@H]5O[C@H](COS(=O)(=O)O)[C@@H](OS(=O)(=O)O)[C@H](OS(=O)(=O)O)[C@H]5OS(=O)(=O)O)[C@H]4OS(=O)(=O)O)[C@H]3OS(=O)(=O)O)[C@H]2OS(=O)(=O)O)[C@H]1OS(=O)(=O)O. The van der Waals surface area contributed by atoms with Gasteiger partial charge in [-0.1, -0.05) is 26.2 Å². The molecule has 16 N–H and O–H groups in total. The summed E-state index contributed by atoms with van der Waals surface area (Å²) in [7, 11) is -106. The highest BCUT2D eigenvalue weighted by atomic mass is 32.3. The molecule has 0 bridgehead atoms. The van der Waals surface area contributed by atoms with Gasteiger partial charge in [0.1, 0.15) is 91.6 Å². The lowest BCUT2D eigenvalue weighted by Crippen LogP contribution is -2.70. The lowest BCUT2D eigenvalue weighted by atomic mass is 9.95. The van der Waals surface area contributed by atoms with Gasteiger partial charge in [0, 0.05) is 6.61 Å². The van der Waals surface area contributed by atoms with Gasteiger partial charge in [-0.15, -0.1) is 0 Å². The Morgan fingerprint density at radius 2 is 0.364 bits per heavy atom. The number of hydrogen-bond acceptors (Lipinski definition) is 60. The maximum Gasteiger partial charge on any atom is 0.397 e. The highest BCUT2D eigenvalue weighted by molar-refractivity contribution is 7.84. The summed E-state index contributed by atoms with van der Waals surface area (Å²) in [6.07, 6.45) is -93.3. The highest BCUT2D eigenvalue weighted by Crippen LogP contribution is 2.44. The first kappa shape index (κ1) is 120. The van der Waals surface area contributed by atoms with E-state index in [0.29, 0.717) is 12.8 Å². The molecule has 0 spiro atoms. The number of hydrogen-bond donors (Lipinski definition) is 16. The Bertz CT molecular complexity index is 5820. The van der Waals surface area contributed by atoms with E-state index in [0.717, 1.165) is 12.8 Å². The largest absolute Gasteiger partial charge is 0.397 e. The summed E-state index contributed by atoms with van der Waals surface area (Å²) in [5.74, 6) is 0. The quantitative estimate of drug-likeness (QED) is 0.0199. The Morgan fingerprint density at radius 1 is 0.189 bits per heavy atom. The number of unbranched alkanes of at least 4 members (excludes halogenated alkanes) is 3. The Hall–Kier alpha value is -2.56. The van der Waals surface area contributed by atoms with Gasteiger partial charge in [-0.05, 0) is 6.42 Å². The third-order valence-electron chi connectivity index (χ3n) is 15.6. The standard InChI is InChI=1S/C40H72O76S16/c1-2-3-4-5-6-89-7-8-90-9-10-91-36-31(112-128(74,75)76)26(21(106-122(56,57)58)16(97-36)11-92-117(41,42)43)102-37-32(113-129(77,78)79)27(22(107-123(59,60)61)17(98-37)12-93-118(44,45)46)103-38-33(114-130(80,81)82)28(23(108-124(62,63)64)18(99-38)13-94-119(47,48)49)104-39-34(115-131(83,84)85)29(24(109-125(65,66)67)19(100-39)14-95-120(50,51)52)105-40-35(116-132(86,87)88)30(111-127(71,72)73)25(110-126(68,69)70)20(101-40)15-96-121(53,54)55/h16-40H,2-15H2,1H3,(H,41,42,43)(H,44,45,46)(H,47,48,49)(H,50,51,52)(H,53,54,55)(H,56,57,58)(H,59,60,61)(H,62,63,64)(H,65,66,67)(H,68,69,70)(H,71,72,73)(H,74,75,76)(H,77,78,79)(H,80,81,82)(H,83,84,85)(H,86,87,88)/t16-,17-,18-,19-,20-,21-,22-,23-,24-,25-,26+,27+,28+,29+,30+,31-,32-,33-,34-,35-,36?,37+,38+,39+,40+/m1/s1. The van der Waals surface area contributed by atoms with Gasteiger partial charge in [0.05, 0.1) is 59.5 Å². The third-order valence-corrected chi connectivity index (χ3v) is 22.9. The molecule has 132 heavy (non-hydrogen) atoms. The molecule has 5 rings (SSSR count). The van der Waals surface area contributed by atoms with Crippen LogP contribution in [0, 0.1) is 0 Å². The minimum atomic E-state index is -7.14. The zero-order chi connectivity index (χ0) is 101. The van der Waals surface area contributed by atoms with Crippen molar-refractivity contribution in [2.45, 2.75) is 186 Å². The van der Waals surface area contributed by atoms with E-state index in [1.807, 2.05) is 6.92 Å². The van der Waals surface area contributed by atoms with Gasteiger partial charge < -0.3 is 56.8 Å². The summed E-state index contributed by atoms with van der Waals surface area (Å²) in [6, 6.07) is 0. The first-order chi connectivity index (χ1) is 59.3. The molecule has 5 fully saturated rings. The van der Waals surface area contributed by atoms with Crippen LogP contribution in [0.1, 0.15) is 32.6 Å². The lowest BCUT2D eigenvalue weighted by Gasteiger charge is -2.51. The summed E-state index contributed by atoms with van der Waals surface area (Å²) < 4.78 is 701. The van der Waals surface area contributed by atoms with E-state index >= 15 is 0 Å². The Labute approximate surface area is 745 Å². The highest BCUT2D eigenvalue weighted by Gasteiger charge is 2.65. The fourth-order valence-electron chi connectivity index (χ4n) is 11.6. The van der Waals surface area contributed by atoms with Crippen LogP contribution in [0.3, 0.4) is 0 Å². The number of ether oxygens (including phenoxy) is 12. The van der Waals surface area contributed by atoms with Crippen LogP contribution in [0.4, 0.5) is 0 Å². The third kappa shape index (κ3) is 45.6. The van der Waals surface area contributed by atoms with Crippen molar-refractivity contribution in [3.63, 3.8) is 0 Å². The summed E-state index contributed by atoms with van der Waals surface area (Å²) in [5.41, 5.74) is 0. The predicted octanol–water partition coefficient (Wildman–Crippen LogP) is -12.1. The van der Waals surface area contributed by atoms with Crippen LogP contribution in [0.15, 0.2) is 0 Å². The van der Waals surface area contributed by atoms with Crippen LogP contribution in [0.5, 0.6) is 0 Å². The summed E-state index contributed by atoms with van der Waals surface area (Å²) >= 11 is 0. The van der Waals surface area contributed by atoms with Gasteiger partial charge in [0.25, 0.3) is 0 Å². The molecule has 5 heterocycles. The molecule has 0 radical (unpaired) electrons. The molecule has 5 aliphatic heterocycles. The predicted molar refractivity (Wildman–Crippen MR) is 383 cm³/mol. The van der Waals surface area contributed by atoms with Crippen LogP contribution in [0.2, 0.25) is 0 Å². The molecule has 0 aliphatic carbocycles. The molecule has 5 aliphatic rings. The molecule has 5 saturated heterocycles. The Morgan fingerprint density at radius 3 is 0.576 bits per heavy atom. The Balaban J connectivity index is 2.02. The molecule has 0 aromatic heterocycles. The smallest absolute Gasteiger partial charge is 0.379 e. The molecular weight excluding hydrogens is 2210 g/mol. The van der Waals surface area contributed by atoms with E-state index in [4.69, 9.17) is 56.8 Å². The van der Waals surface area contributed by atoms with E-state index in [9.17, 15) is 208 Å². The fraction of sp³-hybridized carbons (Fsp3) is 1.00. The normalized spacial score (nSPS) is 31.4. The summed E-state index contributed by atoms with van der Waals surface area (Å²) in [6.45, 7) is -12.6. The first-order valence-electron chi connectivity index (χ1n) is 33.3. The van der Waals surface area contributed by atoms with Crippen molar-refractivity contribution in [3.8, 4) is 0 Å². The molecule has 76 nitrogen and oxygen atoms in total. The summed E-state index contributed by atoms with van der Waals surface area (Å²) in [5, 5.41) is 0. The lowest BCUT2D eigenvalue weighted by molar-refractivity contribution is -0.385. The van der Waals surface area contributed by atoms with Crippen molar-refractivity contribution in [1.29, 1.82) is 0 Å². The molecule has 25 atom stereocenters. The van der Waals surface area contributed by atoms with Gasteiger partial charge in [-0.25, -0.2) is 66.9 Å². The van der Waals surface area contributed by atoms with Crippen molar-refractivity contribution in [1.82, 2.24) is 0 Å². The van der Waals surface area contributed by atoms with Gasteiger partial charge in [0.2, 0.25) is 0 Å². The van der Waals surface area contributed by atoms with E-state index in [-0.39, 0.29) is 19.8 Å². The van der Waals surface area contributed by atoms with Crippen molar-refractivity contribution >= 4 is 166 Å². The van der Waals surface area contributed by atoms with Crippen LogP contribution in [0.25, 0.3) is 0 Å². The molecule has 0 amide bonds. The van der Waals surface area contributed by atoms with E-state index in [2.05, 4.69) is 66.9 Å². The van der Waals surface area contributed by atoms with Crippen LogP contribution in [-0.2, 0) is 290 Å². The van der Waals surface area contributed by atoms with E-state index < -0.39 is 366 Å². The van der Waals surface area contributed by atoms with Crippen molar-refractivity contribution in [2.75, 3.05) is 66.1 Å². The molecule has 92 heteroatoms. The first-order valence-corrected chi connectivity index (χ1v) is 55.1. The van der Waals surface area contributed by atoms with Crippen LogP contribution in [-0.4, -0.2) is 427 Å². The second-order valence-corrected chi connectivity index (χ2v) is 42.2. The fourth-order valence-corrected chi connectivity index (χ4v) is 18.6. The minimum Gasteiger partial charge on any atom is -0.379 e. The summed E-state index contributed by atoms with van der Waals surface area (Å²) in [4.78, 5) is 0.